The zero-order valence-corrected chi connectivity index (χ0v) is 26.0. The van der Waals surface area contributed by atoms with Crippen LogP contribution in [0.4, 0.5) is 0 Å². The Morgan fingerprint density at radius 3 is 2.38 bits per heavy atom. The fourth-order valence-electron chi connectivity index (χ4n) is 4.81. The number of nitrogens with zero attached hydrogens (tertiary/aromatic N) is 3. The first kappa shape index (κ1) is 33.3. The Kier molecular flexibility index (Phi) is 12.2. The van der Waals surface area contributed by atoms with Crippen molar-refractivity contribution in [3.05, 3.63) is 82.6 Å². The number of carbonyl (C=O) groups is 1. The highest BCUT2D eigenvalue weighted by molar-refractivity contribution is 6.30. The molecule has 42 heavy (non-hydrogen) atoms. The summed E-state index contributed by atoms with van der Waals surface area (Å²) >= 11 is 5.99. The maximum absolute atomic E-state index is 11.2. The van der Waals surface area contributed by atoms with E-state index >= 15 is 0 Å². The molecule has 2 heterocycles. The molecule has 0 aliphatic carbocycles. The smallest absolute Gasteiger partial charge is 0.303 e. The number of hydrogen-bond donors (Lipinski definition) is 1. The van der Waals surface area contributed by atoms with Crippen molar-refractivity contribution >= 4 is 53.4 Å². The average molecular weight is 637 g/mol. The highest BCUT2D eigenvalue weighted by Crippen LogP contribution is 2.29. The van der Waals surface area contributed by atoms with Crippen LogP contribution < -0.4 is 14.2 Å². The second-order valence-corrected chi connectivity index (χ2v) is 10.7. The van der Waals surface area contributed by atoms with Crippen LogP contribution in [0.5, 0.6) is 17.2 Å². The molecule has 1 aliphatic rings. The lowest BCUT2D eigenvalue weighted by molar-refractivity contribution is -0.136. The summed E-state index contributed by atoms with van der Waals surface area (Å²) in [5.74, 6) is 1.99. The molecule has 226 valence electrons. The third kappa shape index (κ3) is 8.67. The van der Waals surface area contributed by atoms with Crippen LogP contribution in [-0.2, 0) is 31.5 Å². The molecule has 0 radical (unpaired) electrons. The maximum atomic E-state index is 11.2. The minimum Gasteiger partial charge on any atom is -0.490 e. The molecular weight excluding hydrogens is 601 g/mol. The van der Waals surface area contributed by atoms with Gasteiger partial charge in [-0.05, 0) is 67.8 Å². The van der Waals surface area contributed by atoms with E-state index in [0.717, 1.165) is 59.7 Å². The molecule has 0 atom stereocenters. The van der Waals surface area contributed by atoms with Crippen molar-refractivity contribution in [2.24, 2.45) is 7.05 Å². The number of aryl methyl sites for hydroxylation is 2. The molecule has 4 aromatic rings. The number of fused-ring (bicyclic) bond motifs is 1. The van der Waals surface area contributed by atoms with Crippen molar-refractivity contribution in [3.8, 4) is 17.2 Å². The van der Waals surface area contributed by atoms with Gasteiger partial charge in [0.25, 0.3) is 0 Å². The summed E-state index contributed by atoms with van der Waals surface area (Å²) in [6.45, 7) is 2.69. The molecule has 1 aliphatic heterocycles. The largest absolute Gasteiger partial charge is 0.490 e. The summed E-state index contributed by atoms with van der Waals surface area (Å²) in [4.78, 5) is 18.3. The molecule has 8 nitrogen and oxygen atoms in total. The zero-order chi connectivity index (χ0) is 28.1. The number of piperidine rings is 1. The molecule has 5 rings (SSSR count). The highest BCUT2D eigenvalue weighted by atomic mass is 35.5. The average Bonchev–Trinajstić information content (AvgIpc) is 3.26. The van der Waals surface area contributed by atoms with E-state index in [1.807, 2.05) is 72.3 Å². The fourth-order valence-corrected chi connectivity index (χ4v) is 4.94. The molecule has 0 bridgehead atoms. The SMILES string of the molecule is CN1CCC(Oc2ccc3nc(COc4ccc(CCC(=O)O)c(OCc5ccc(Cl)cc5)c4)n(C)c3c2)CC1.Cl.Cl. The Labute approximate surface area is 263 Å². The van der Waals surface area contributed by atoms with E-state index in [1.54, 1.807) is 0 Å². The molecule has 3 aromatic carbocycles. The number of benzene rings is 3. The van der Waals surface area contributed by atoms with Crippen molar-refractivity contribution in [2.75, 3.05) is 20.1 Å². The predicted molar refractivity (Wildman–Crippen MR) is 169 cm³/mol. The first-order valence-corrected chi connectivity index (χ1v) is 13.9. The number of imidazole rings is 1. The number of halogens is 3. The topological polar surface area (TPSA) is 86.1 Å². The Morgan fingerprint density at radius 1 is 0.952 bits per heavy atom. The van der Waals surface area contributed by atoms with Crippen LogP contribution in [0.15, 0.2) is 60.7 Å². The summed E-state index contributed by atoms with van der Waals surface area (Å²) in [6, 6.07) is 18.9. The molecule has 0 amide bonds. The van der Waals surface area contributed by atoms with Gasteiger partial charge in [0.2, 0.25) is 0 Å². The number of hydrogen-bond acceptors (Lipinski definition) is 6. The van der Waals surface area contributed by atoms with E-state index in [0.29, 0.717) is 29.5 Å². The molecule has 0 saturated carbocycles. The van der Waals surface area contributed by atoms with Crippen molar-refractivity contribution < 1.29 is 24.1 Å². The van der Waals surface area contributed by atoms with E-state index in [2.05, 4.69) is 11.9 Å². The molecule has 11 heteroatoms. The van der Waals surface area contributed by atoms with E-state index in [9.17, 15) is 4.79 Å². The van der Waals surface area contributed by atoms with E-state index in [4.69, 9.17) is 35.9 Å². The van der Waals surface area contributed by atoms with Crippen molar-refractivity contribution in [2.45, 2.75) is 45.0 Å². The van der Waals surface area contributed by atoms with Gasteiger partial charge in [-0.25, -0.2) is 4.98 Å². The quantitative estimate of drug-likeness (QED) is 0.196. The van der Waals surface area contributed by atoms with Gasteiger partial charge in [-0.1, -0.05) is 29.8 Å². The Hall–Kier alpha value is -3.17. The Balaban J connectivity index is 0.00000242. The number of ether oxygens (including phenoxy) is 3. The lowest BCUT2D eigenvalue weighted by atomic mass is 10.1. The van der Waals surface area contributed by atoms with Crippen LogP contribution in [0.2, 0.25) is 5.02 Å². The molecule has 1 N–H and O–H groups in total. The van der Waals surface area contributed by atoms with Gasteiger partial charge in [0.05, 0.1) is 11.0 Å². The van der Waals surface area contributed by atoms with Crippen LogP contribution in [0.25, 0.3) is 11.0 Å². The summed E-state index contributed by atoms with van der Waals surface area (Å²) < 4.78 is 20.5. The van der Waals surface area contributed by atoms with Gasteiger partial charge >= 0.3 is 5.97 Å². The van der Waals surface area contributed by atoms with Gasteiger partial charge in [-0.3, -0.25) is 4.79 Å². The van der Waals surface area contributed by atoms with Crippen LogP contribution in [0.3, 0.4) is 0 Å². The monoisotopic (exact) mass is 635 g/mol. The first-order chi connectivity index (χ1) is 19.3. The fraction of sp³-hybridized carbons (Fsp3) is 0.355. The first-order valence-electron chi connectivity index (χ1n) is 13.5. The molecular formula is C31H36Cl3N3O5. The van der Waals surface area contributed by atoms with Gasteiger partial charge in [0, 0.05) is 43.7 Å². The summed E-state index contributed by atoms with van der Waals surface area (Å²) in [5.41, 5.74) is 3.63. The third-order valence-electron chi connectivity index (χ3n) is 7.24. The van der Waals surface area contributed by atoms with Gasteiger partial charge in [0.15, 0.2) is 0 Å². The Morgan fingerprint density at radius 2 is 1.67 bits per heavy atom. The summed E-state index contributed by atoms with van der Waals surface area (Å²) in [7, 11) is 4.12. The number of likely N-dealkylation sites (tertiary alicyclic amines) is 1. The van der Waals surface area contributed by atoms with Crippen molar-refractivity contribution in [3.63, 3.8) is 0 Å². The number of aliphatic carboxylic acids is 1. The molecule has 0 unspecified atom stereocenters. The third-order valence-corrected chi connectivity index (χ3v) is 7.49. The van der Waals surface area contributed by atoms with E-state index < -0.39 is 5.97 Å². The van der Waals surface area contributed by atoms with Gasteiger partial charge < -0.3 is 28.8 Å². The van der Waals surface area contributed by atoms with Crippen LogP contribution in [-0.4, -0.2) is 51.8 Å². The van der Waals surface area contributed by atoms with Gasteiger partial charge in [0.1, 0.15) is 42.4 Å². The van der Waals surface area contributed by atoms with Gasteiger partial charge in [-0.15, -0.1) is 24.8 Å². The van der Waals surface area contributed by atoms with Crippen LogP contribution in [0, 0.1) is 0 Å². The summed E-state index contributed by atoms with van der Waals surface area (Å²) in [5, 5.41) is 9.82. The molecule has 1 saturated heterocycles. The second-order valence-electron chi connectivity index (χ2n) is 10.2. The molecule has 1 fully saturated rings. The minimum absolute atomic E-state index is 0. The maximum Gasteiger partial charge on any atom is 0.303 e. The standard InChI is InChI=1S/C31H34ClN3O5.2ClH/c1-34-15-13-24(14-16-34)40-26-10-11-27-28(17-26)35(2)30(33-27)20-38-25-9-5-22(6-12-31(36)37)29(18-25)39-19-21-3-7-23(32)8-4-21;;/h3-5,7-11,17-18,24H,6,12-16,19-20H2,1-2H3,(H,36,37);2*1H. The minimum atomic E-state index is -0.856. The molecule has 0 spiro atoms. The van der Waals surface area contributed by atoms with Crippen molar-refractivity contribution in [1.82, 2.24) is 14.5 Å². The van der Waals surface area contributed by atoms with Crippen LogP contribution >= 0.6 is 36.4 Å². The summed E-state index contributed by atoms with van der Waals surface area (Å²) in [6.07, 6.45) is 2.66. The normalized spacial score (nSPS) is 13.7. The number of carboxylic acids is 1. The van der Waals surface area contributed by atoms with Crippen molar-refractivity contribution in [1.29, 1.82) is 0 Å². The lowest BCUT2D eigenvalue weighted by Crippen LogP contribution is -2.35. The van der Waals surface area contributed by atoms with E-state index in [1.165, 1.54) is 0 Å². The second kappa shape index (κ2) is 15.3. The van der Waals surface area contributed by atoms with E-state index in [-0.39, 0.29) is 43.9 Å². The predicted octanol–water partition coefficient (Wildman–Crippen LogP) is 6.72. The lowest BCUT2D eigenvalue weighted by Gasteiger charge is -2.29. The number of carboxylic acid groups (broad SMARTS) is 1. The van der Waals surface area contributed by atoms with Gasteiger partial charge in [-0.2, -0.15) is 0 Å². The highest BCUT2D eigenvalue weighted by Gasteiger charge is 2.19. The molecule has 1 aromatic heterocycles. The number of aromatic nitrogens is 2. The number of rotatable bonds is 11. The zero-order valence-electron chi connectivity index (χ0n) is 23.6. The Bertz CT molecular complexity index is 1470. The van der Waals surface area contributed by atoms with Crippen LogP contribution in [0.1, 0.15) is 36.2 Å².